The van der Waals surface area contributed by atoms with Gasteiger partial charge in [-0.2, -0.15) is 0 Å². The van der Waals surface area contributed by atoms with Crippen LogP contribution in [0, 0.1) is 10.1 Å². The molecule has 1 atom stereocenters. The molecule has 3 rings (SSSR count). The number of imidazole rings is 1. The number of thioether (sulfide) groups is 1. The van der Waals surface area contributed by atoms with Crippen LogP contribution in [0.4, 0.5) is 11.4 Å². The van der Waals surface area contributed by atoms with Crippen molar-refractivity contribution in [2.24, 2.45) is 0 Å². The normalized spacial score (nSPS) is 11.7. The topological polar surface area (TPSA) is 103 Å². The highest BCUT2D eigenvalue weighted by Gasteiger charge is 2.15. The summed E-state index contributed by atoms with van der Waals surface area (Å²) in [6.07, 6.45) is 6.66. The number of nitro groups is 1. The van der Waals surface area contributed by atoms with E-state index < -0.39 is 4.92 Å². The summed E-state index contributed by atoms with van der Waals surface area (Å²) < 4.78 is 1.76. The highest BCUT2D eigenvalue weighted by atomic mass is 32.2. The fourth-order valence-corrected chi connectivity index (χ4v) is 3.02. The van der Waals surface area contributed by atoms with E-state index in [1.54, 1.807) is 60.7 Å². The van der Waals surface area contributed by atoms with Crippen LogP contribution < -0.4 is 5.32 Å². The molecule has 0 aliphatic heterocycles. The van der Waals surface area contributed by atoms with Crippen molar-refractivity contribution in [3.8, 4) is 5.82 Å². The van der Waals surface area contributed by atoms with Gasteiger partial charge in [-0.1, -0.05) is 0 Å². The maximum absolute atomic E-state index is 12.3. The van der Waals surface area contributed by atoms with Gasteiger partial charge in [0.15, 0.2) is 0 Å². The summed E-state index contributed by atoms with van der Waals surface area (Å²) in [7, 11) is 0. The predicted octanol–water partition coefficient (Wildman–Crippen LogP) is 3.29. The van der Waals surface area contributed by atoms with Gasteiger partial charge in [-0.25, -0.2) is 9.97 Å². The third kappa shape index (κ3) is 4.25. The van der Waals surface area contributed by atoms with Crippen molar-refractivity contribution in [1.29, 1.82) is 0 Å². The SMILES string of the molecule is CC(Sc1ccc([N+](=O)[O-])cc1)C(=O)Nc1ccc(-n2ccnc2)nc1. The molecule has 0 bridgehead atoms. The number of anilines is 1. The molecule has 0 fully saturated rings. The van der Waals surface area contributed by atoms with Gasteiger partial charge in [-0.05, 0) is 31.2 Å². The molecule has 0 radical (unpaired) electrons. The molecular weight excluding hydrogens is 354 g/mol. The Balaban J connectivity index is 1.59. The quantitative estimate of drug-likeness (QED) is 0.406. The molecule has 0 aliphatic rings. The number of hydrogen-bond acceptors (Lipinski definition) is 6. The van der Waals surface area contributed by atoms with Crippen molar-refractivity contribution >= 4 is 29.0 Å². The van der Waals surface area contributed by atoms with Crippen LogP contribution in [0.5, 0.6) is 0 Å². The Kier molecular flexibility index (Phi) is 5.28. The number of nitrogens with zero attached hydrogens (tertiary/aromatic N) is 4. The number of benzene rings is 1. The lowest BCUT2D eigenvalue weighted by Gasteiger charge is -2.12. The van der Waals surface area contributed by atoms with Crippen molar-refractivity contribution in [3.05, 3.63) is 71.4 Å². The molecule has 2 aromatic heterocycles. The van der Waals surface area contributed by atoms with E-state index in [1.165, 1.54) is 23.9 Å². The second-order valence-electron chi connectivity index (χ2n) is 5.38. The summed E-state index contributed by atoms with van der Waals surface area (Å²) in [6, 6.07) is 9.66. The maximum atomic E-state index is 12.3. The fraction of sp³-hybridized carbons (Fsp3) is 0.118. The molecule has 1 N–H and O–H groups in total. The van der Waals surface area contributed by atoms with Gasteiger partial charge in [-0.3, -0.25) is 19.5 Å². The number of nitro benzene ring substituents is 1. The minimum absolute atomic E-state index is 0.0236. The van der Waals surface area contributed by atoms with Crippen molar-refractivity contribution in [3.63, 3.8) is 0 Å². The highest BCUT2D eigenvalue weighted by Crippen LogP contribution is 2.26. The van der Waals surface area contributed by atoms with E-state index in [0.717, 1.165) is 4.90 Å². The molecule has 2 heterocycles. The average Bonchev–Trinajstić information content (AvgIpc) is 3.17. The molecule has 132 valence electrons. The summed E-state index contributed by atoms with van der Waals surface area (Å²) in [5.74, 6) is 0.527. The largest absolute Gasteiger partial charge is 0.324 e. The zero-order valence-electron chi connectivity index (χ0n) is 13.8. The number of hydrogen-bond donors (Lipinski definition) is 1. The zero-order chi connectivity index (χ0) is 18.5. The van der Waals surface area contributed by atoms with Crippen LogP contribution in [0.25, 0.3) is 5.82 Å². The fourth-order valence-electron chi connectivity index (χ4n) is 2.16. The van der Waals surface area contributed by atoms with E-state index in [2.05, 4.69) is 15.3 Å². The Labute approximate surface area is 153 Å². The molecule has 8 nitrogen and oxygen atoms in total. The number of rotatable bonds is 6. The monoisotopic (exact) mass is 369 g/mol. The Hall–Kier alpha value is -3.20. The van der Waals surface area contributed by atoms with E-state index in [1.807, 2.05) is 0 Å². The number of nitrogens with one attached hydrogen (secondary N) is 1. The number of amides is 1. The first kappa shape index (κ1) is 17.6. The number of carbonyl (C=O) groups excluding carboxylic acids is 1. The van der Waals surface area contributed by atoms with E-state index in [-0.39, 0.29) is 16.8 Å². The van der Waals surface area contributed by atoms with E-state index in [0.29, 0.717) is 11.5 Å². The van der Waals surface area contributed by atoms with Gasteiger partial charge in [0.25, 0.3) is 5.69 Å². The molecule has 3 aromatic rings. The Morgan fingerprint density at radius 1 is 1.27 bits per heavy atom. The lowest BCUT2D eigenvalue weighted by atomic mass is 10.3. The first-order chi connectivity index (χ1) is 12.5. The number of pyridine rings is 1. The molecule has 0 saturated heterocycles. The maximum Gasteiger partial charge on any atom is 0.269 e. The molecule has 0 saturated carbocycles. The van der Waals surface area contributed by atoms with Gasteiger partial charge in [-0.15, -0.1) is 11.8 Å². The molecule has 26 heavy (non-hydrogen) atoms. The molecule has 0 aliphatic carbocycles. The minimum Gasteiger partial charge on any atom is -0.324 e. The number of carbonyl (C=O) groups is 1. The van der Waals surface area contributed by atoms with Crippen LogP contribution in [0.1, 0.15) is 6.92 Å². The first-order valence-electron chi connectivity index (χ1n) is 7.69. The third-order valence-electron chi connectivity index (χ3n) is 3.51. The Morgan fingerprint density at radius 2 is 2.04 bits per heavy atom. The second kappa shape index (κ2) is 7.79. The van der Waals surface area contributed by atoms with Crippen LogP contribution in [0.3, 0.4) is 0 Å². The Bertz CT molecular complexity index is 895. The van der Waals surface area contributed by atoms with Crippen molar-refractivity contribution in [2.75, 3.05) is 5.32 Å². The van der Waals surface area contributed by atoms with Gasteiger partial charge < -0.3 is 5.32 Å². The summed E-state index contributed by atoms with van der Waals surface area (Å²) in [5.41, 5.74) is 0.616. The smallest absolute Gasteiger partial charge is 0.269 e. The van der Waals surface area contributed by atoms with Gasteiger partial charge in [0.05, 0.1) is 22.1 Å². The number of non-ortho nitro benzene ring substituents is 1. The minimum atomic E-state index is -0.453. The van der Waals surface area contributed by atoms with Crippen molar-refractivity contribution in [1.82, 2.24) is 14.5 Å². The summed E-state index contributed by atoms with van der Waals surface area (Å²) >= 11 is 1.33. The Morgan fingerprint density at radius 3 is 2.62 bits per heavy atom. The summed E-state index contributed by atoms with van der Waals surface area (Å²) in [4.78, 5) is 31.6. The summed E-state index contributed by atoms with van der Waals surface area (Å²) in [5, 5.41) is 13.1. The zero-order valence-corrected chi connectivity index (χ0v) is 14.6. The predicted molar refractivity (Wildman–Crippen MR) is 98.4 cm³/mol. The van der Waals surface area contributed by atoms with Crippen molar-refractivity contribution < 1.29 is 9.72 Å². The van der Waals surface area contributed by atoms with Crippen LogP contribution >= 0.6 is 11.8 Å². The third-order valence-corrected chi connectivity index (χ3v) is 4.63. The first-order valence-corrected chi connectivity index (χ1v) is 8.57. The van der Waals surface area contributed by atoms with Gasteiger partial charge >= 0.3 is 0 Å². The summed E-state index contributed by atoms with van der Waals surface area (Å²) in [6.45, 7) is 1.77. The van der Waals surface area contributed by atoms with Gasteiger partial charge in [0, 0.05) is 29.4 Å². The molecule has 1 unspecified atom stereocenters. The number of aromatic nitrogens is 3. The van der Waals surface area contributed by atoms with E-state index >= 15 is 0 Å². The van der Waals surface area contributed by atoms with E-state index in [4.69, 9.17) is 0 Å². The molecular formula is C17H15N5O3S. The van der Waals surface area contributed by atoms with Crippen LogP contribution in [0.2, 0.25) is 0 Å². The molecule has 9 heteroatoms. The highest BCUT2D eigenvalue weighted by molar-refractivity contribution is 8.00. The van der Waals surface area contributed by atoms with Crippen LogP contribution in [0.15, 0.2) is 66.2 Å². The van der Waals surface area contributed by atoms with Gasteiger partial charge in [0.2, 0.25) is 5.91 Å². The standard InChI is InChI=1S/C17H15N5O3S/c1-12(26-15-5-3-14(4-6-15)22(24)25)17(23)20-13-2-7-16(19-10-13)21-9-8-18-11-21/h2-12H,1H3,(H,20,23). The van der Waals surface area contributed by atoms with Crippen LogP contribution in [-0.4, -0.2) is 30.6 Å². The molecule has 1 amide bonds. The van der Waals surface area contributed by atoms with Gasteiger partial charge in [0.1, 0.15) is 12.1 Å². The lowest BCUT2D eigenvalue weighted by Crippen LogP contribution is -2.22. The molecule has 0 spiro atoms. The second-order valence-corrected chi connectivity index (χ2v) is 6.79. The van der Waals surface area contributed by atoms with Crippen LogP contribution in [-0.2, 0) is 4.79 Å². The van der Waals surface area contributed by atoms with E-state index in [9.17, 15) is 14.9 Å². The average molecular weight is 369 g/mol. The lowest BCUT2D eigenvalue weighted by molar-refractivity contribution is -0.384. The van der Waals surface area contributed by atoms with Crippen molar-refractivity contribution in [2.45, 2.75) is 17.1 Å². The molecule has 1 aromatic carbocycles.